The van der Waals surface area contributed by atoms with Crippen molar-refractivity contribution in [2.24, 2.45) is 5.14 Å². The van der Waals surface area contributed by atoms with Crippen LogP contribution in [0.25, 0.3) is 11.3 Å². The zero-order valence-electron chi connectivity index (χ0n) is 16.8. The van der Waals surface area contributed by atoms with Crippen molar-refractivity contribution in [1.29, 1.82) is 0 Å². The first-order valence-electron chi connectivity index (χ1n) is 10.0. The lowest BCUT2D eigenvalue weighted by molar-refractivity contribution is 0.122. The van der Waals surface area contributed by atoms with Crippen LogP contribution in [0, 0.1) is 0 Å². The lowest BCUT2D eigenvalue weighted by Gasteiger charge is -2.28. The third kappa shape index (κ3) is 3.85. The summed E-state index contributed by atoms with van der Waals surface area (Å²) < 4.78 is 29.3. The van der Waals surface area contributed by atoms with Crippen LogP contribution in [0.15, 0.2) is 53.7 Å². The Morgan fingerprint density at radius 3 is 2.61 bits per heavy atom. The third-order valence-corrected chi connectivity index (χ3v) is 6.41. The summed E-state index contributed by atoms with van der Waals surface area (Å²) in [6.07, 6.45) is 4.29. The van der Waals surface area contributed by atoms with Crippen molar-refractivity contribution in [1.82, 2.24) is 15.0 Å². The van der Waals surface area contributed by atoms with Crippen LogP contribution in [0.5, 0.6) is 0 Å². The maximum absolute atomic E-state index is 11.9. The molecule has 0 saturated carbocycles. The van der Waals surface area contributed by atoms with Crippen molar-refractivity contribution < 1.29 is 13.2 Å². The third-order valence-electron chi connectivity index (χ3n) is 5.50. The highest BCUT2D eigenvalue weighted by atomic mass is 32.2. The van der Waals surface area contributed by atoms with Crippen molar-refractivity contribution >= 4 is 27.5 Å². The molecule has 9 nitrogen and oxygen atoms in total. The highest BCUT2D eigenvalue weighted by molar-refractivity contribution is 7.89. The molecule has 5 rings (SSSR count). The smallest absolute Gasteiger partial charge is 0.238 e. The minimum absolute atomic E-state index is 0.0624. The van der Waals surface area contributed by atoms with E-state index in [0.29, 0.717) is 37.8 Å². The predicted molar refractivity (Wildman–Crippen MR) is 117 cm³/mol. The van der Waals surface area contributed by atoms with E-state index in [1.165, 1.54) is 6.07 Å². The Balaban J connectivity index is 1.67. The number of nitrogens with zero attached hydrogens (tertiary/aromatic N) is 5. The van der Waals surface area contributed by atoms with Gasteiger partial charge in [0.05, 0.1) is 35.7 Å². The maximum atomic E-state index is 11.9. The number of nitrogens with two attached hydrogens (primary N) is 1. The van der Waals surface area contributed by atoms with Crippen molar-refractivity contribution in [3.8, 4) is 11.3 Å². The number of rotatable bonds is 4. The normalized spacial score (nSPS) is 16.4. The van der Waals surface area contributed by atoms with Crippen LogP contribution in [0.4, 0.5) is 17.5 Å². The Labute approximate surface area is 180 Å². The molecule has 0 atom stereocenters. The van der Waals surface area contributed by atoms with Crippen LogP contribution in [-0.2, 0) is 21.2 Å². The van der Waals surface area contributed by atoms with Gasteiger partial charge >= 0.3 is 0 Å². The van der Waals surface area contributed by atoms with Gasteiger partial charge in [0.2, 0.25) is 16.0 Å². The molecule has 160 valence electrons. The average molecular weight is 439 g/mol. The topological polar surface area (TPSA) is 115 Å². The number of fused-ring (bicyclic) bond motifs is 1. The molecule has 0 aliphatic carbocycles. The van der Waals surface area contributed by atoms with Crippen molar-refractivity contribution in [3.05, 3.63) is 54.4 Å². The molecule has 1 saturated heterocycles. The number of morpholine rings is 1. The molecule has 3 aromatic rings. The summed E-state index contributed by atoms with van der Waals surface area (Å²) in [6, 6.07) is 10.5. The molecule has 1 aromatic carbocycles. The molecule has 4 heterocycles. The molecular weight excluding hydrogens is 416 g/mol. The van der Waals surface area contributed by atoms with Crippen molar-refractivity contribution in [3.63, 3.8) is 0 Å². The minimum Gasteiger partial charge on any atom is -0.378 e. The number of anilines is 3. The Morgan fingerprint density at radius 1 is 1.03 bits per heavy atom. The Bertz CT molecular complexity index is 1210. The van der Waals surface area contributed by atoms with Gasteiger partial charge in [-0.2, -0.15) is 4.98 Å². The van der Waals surface area contributed by atoms with Gasteiger partial charge in [-0.05, 0) is 30.7 Å². The van der Waals surface area contributed by atoms with Crippen LogP contribution in [-0.4, -0.2) is 56.2 Å². The summed E-state index contributed by atoms with van der Waals surface area (Å²) in [7, 11) is -3.82. The summed E-state index contributed by atoms with van der Waals surface area (Å²) in [6.45, 7) is 3.36. The number of pyridine rings is 1. The number of ether oxygens (including phenoxy) is 1. The molecular formula is C21H22N6O3S. The number of primary sulfonamides is 1. The van der Waals surface area contributed by atoms with E-state index in [0.717, 1.165) is 35.7 Å². The fourth-order valence-electron chi connectivity index (χ4n) is 3.97. The Hall–Kier alpha value is -3.08. The van der Waals surface area contributed by atoms with Gasteiger partial charge in [0, 0.05) is 37.0 Å². The lowest BCUT2D eigenvalue weighted by atomic mass is 10.1. The molecule has 2 aliphatic rings. The van der Waals surface area contributed by atoms with E-state index in [-0.39, 0.29) is 4.90 Å². The Morgan fingerprint density at radius 2 is 1.87 bits per heavy atom. The van der Waals surface area contributed by atoms with Crippen molar-refractivity contribution in [2.45, 2.75) is 11.3 Å². The second-order valence-corrected chi connectivity index (χ2v) is 9.02. The van der Waals surface area contributed by atoms with E-state index in [1.807, 2.05) is 24.4 Å². The van der Waals surface area contributed by atoms with Gasteiger partial charge in [0.25, 0.3) is 0 Å². The number of sulfonamides is 1. The fraction of sp³-hybridized carbons (Fsp3) is 0.286. The van der Waals surface area contributed by atoms with Crippen LogP contribution in [0.2, 0.25) is 0 Å². The number of hydrogen-bond donors (Lipinski definition) is 1. The largest absolute Gasteiger partial charge is 0.378 e. The average Bonchev–Trinajstić information content (AvgIpc) is 3.23. The molecule has 0 bridgehead atoms. The molecule has 1 fully saturated rings. The Kier molecular flexibility index (Phi) is 5.05. The highest BCUT2D eigenvalue weighted by Crippen LogP contribution is 2.39. The van der Waals surface area contributed by atoms with Crippen LogP contribution in [0.1, 0.15) is 5.56 Å². The van der Waals surface area contributed by atoms with Gasteiger partial charge < -0.3 is 14.5 Å². The fourth-order valence-corrected chi connectivity index (χ4v) is 4.53. The van der Waals surface area contributed by atoms with Gasteiger partial charge in [-0.3, -0.25) is 4.98 Å². The van der Waals surface area contributed by atoms with E-state index in [9.17, 15) is 8.42 Å². The maximum Gasteiger partial charge on any atom is 0.238 e. The van der Waals surface area contributed by atoms with E-state index in [2.05, 4.69) is 14.8 Å². The van der Waals surface area contributed by atoms with Gasteiger partial charge in [0.15, 0.2) is 0 Å². The molecule has 0 radical (unpaired) electrons. The van der Waals surface area contributed by atoms with E-state index in [1.54, 1.807) is 18.3 Å². The van der Waals surface area contributed by atoms with E-state index < -0.39 is 10.0 Å². The van der Waals surface area contributed by atoms with Gasteiger partial charge in [-0.1, -0.05) is 12.1 Å². The predicted octanol–water partition coefficient (Wildman–Crippen LogP) is 1.72. The highest BCUT2D eigenvalue weighted by Gasteiger charge is 2.29. The molecule has 10 heteroatoms. The molecule has 0 amide bonds. The van der Waals surface area contributed by atoms with E-state index >= 15 is 0 Å². The first-order valence-corrected chi connectivity index (χ1v) is 11.6. The molecule has 0 unspecified atom stereocenters. The van der Waals surface area contributed by atoms with Gasteiger partial charge in [-0.25, -0.2) is 18.5 Å². The molecule has 2 aliphatic heterocycles. The van der Waals surface area contributed by atoms with Gasteiger partial charge in [0.1, 0.15) is 5.82 Å². The van der Waals surface area contributed by atoms with Crippen molar-refractivity contribution in [2.75, 3.05) is 42.6 Å². The van der Waals surface area contributed by atoms with Crippen LogP contribution < -0.4 is 14.9 Å². The molecule has 0 spiro atoms. The first kappa shape index (κ1) is 19.9. The summed E-state index contributed by atoms with van der Waals surface area (Å²) >= 11 is 0. The molecule has 31 heavy (non-hydrogen) atoms. The second kappa shape index (κ2) is 7.88. The van der Waals surface area contributed by atoms with Crippen LogP contribution in [0.3, 0.4) is 0 Å². The number of hydrogen-bond acceptors (Lipinski definition) is 8. The zero-order chi connectivity index (χ0) is 21.4. The minimum atomic E-state index is -3.82. The number of benzene rings is 1. The summed E-state index contributed by atoms with van der Waals surface area (Å²) in [5.74, 6) is 1.43. The summed E-state index contributed by atoms with van der Waals surface area (Å²) in [5.41, 5.74) is 3.36. The summed E-state index contributed by atoms with van der Waals surface area (Å²) in [4.78, 5) is 18.3. The SMILES string of the molecule is NS(=O)(=O)c1cccc(-c2nc(N3CCOCC3)nc3c2CCN3c2cccnc2)c1. The zero-order valence-corrected chi connectivity index (χ0v) is 17.6. The molecule has 2 aromatic heterocycles. The van der Waals surface area contributed by atoms with Gasteiger partial charge in [-0.15, -0.1) is 0 Å². The second-order valence-electron chi connectivity index (χ2n) is 7.46. The number of aromatic nitrogens is 3. The monoisotopic (exact) mass is 438 g/mol. The quantitative estimate of drug-likeness (QED) is 0.655. The van der Waals surface area contributed by atoms with Crippen LogP contribution >= 0.6 is 0 Å². The first-order chi connectivity index (χ1) is 15.0. The van der Waals surface area contributed by atoms with E-state index in [4.69, 9.17) is 19.8 Å². The summed E-state index contributed by atoms with van der Waals surface area (Å²) in [5, 5.41) is 5.36. The lowest BCUT2D eigenvalue weighted by Crippen LogP contribution is -2.37. The molecule has 2 N–H and O–H groups in total. The standard InChI is InChI=1S/C21H22N6O3S/c22-31(28,29)17-5-1-3-15(13-17)19-18-6-8-27(16-4-2-7-23-14-16)20(18)25-21(24-19)26-9-11-30-12-10-26/h1-5,7,13-14H,6,8-12H2,(H2,22,28,29).